The van der Waals surface area contributed by atoms with E-state index < -0.39 is 0 Å². The summed E-state index contributed by atoms with van der Waals surface area (Å²) >= 11 is 2.22. The third kappa shape index (κ3) is 3.57. The van der Waals surface area contributed by atoms with Crippen molar-refractivity contribution in [2.24, 2.45) is 5.10 Å². The normalized spacial score (nSPS) is 10.5. The van der Waals surface area contributed by atoms with Gasteiger partial charge in [-0.3, -0.25) is 4.79 Å². The minimum absolute atomic E-state index is 0.301. The second kappa shape index (κ2) is 7.04. The number of hydrogen-bond acceptors (Lipinski definition) is 3. The summed E-state index contributed by atoms with van der Waals surface area (Å²) < 4.78 is 6.21. The SMILES string of the molecule is COc1ccccc1C(=O)N/N=C\c1ccccc1I. The number of methoxy groups -OCH3 is 1. The van der Waals surface area contributed by atoms with E-state index in [0.717, 1.165) is 9.13 Å². The average molecular weight is 380 g/mol. The Kier molecular flexibility index (Phi) is 5.11. The van der Waals surface area contributed by atoms with E-state index in [1.807, 2.05) is 30.3 Å². The maximum absolute atomic E-state index is 12.0. The van der Waals surface area contributed by atoms with Crippen molar-refractivity contribution >= 4 is 34.7 Å². The Bertz CT molecular complexity index is 641. The summed E-state index contributed by atoms with van der Waals surface area (Å²) in [4.78, 5) is 12.0. The highest BCUT2D eigenvalue weighted by Gasteiger charge is 2.09. The fraction of sp³-hybridized carbons (Fsp3) is 0.0667. The Labute approximate surface area is 131 Å². The van der Waals surface area contributed by atoms with Crippen LogP contribution in [0.5, 0.6) is 5.75 Å². The van der Waals surface area contributed by atoms with Crippen LogP contribution in [0.15, 0.2) is 53.6 Å². The number of nitrogens with zero attached hydrogens (tertiary/aromatic N) is 1. The molecular formula is C15H13IN2O2. The topological polar surface area (TPSA) is 50.7 Å². The predicted molar refractivity (Wildman–Crippen MR) is 87.2 cm³/mol. The largest absolute Gasteiger partial charge is 0.496 e. The Morgan fingerprint density at radius 1 is 1.20 bits per heavy atom. The minimum atomic E-state index is -0.301. The van der Waals surface area contributed by atoms with Crippen LogP contribution in [-0.2, 0) is 0 Å². The molecule has 2 aromatic carbocycles. The van der Waals surface area contributed by atoms with Gasteiger partial charge >= 0.3 is 0 Å². The van der Waals surface area contributed by atoms with Gasteiger partial charge in [-0.25, -0.2) is 5.43 Å². The standard InChI is InChI=1S/C15H13IN2O2/c1-20-14-9-5-3-7-12(14)15(19)18-17-10-11-6-2-4-8-13(11)16/h2-10H,1H3,(H,18,19)/b17-10-. The van der Waals surface area contributed by atoms with Gasteiger partial charge in [0.2, 0.25) is 0 Å². The van der Waals surface area contributed by atoms with Crippen LogP contribution in [0.2, 0.25) is 0 Å². The summed E-state index contributed by atoms with van der Waals surface area (Å²) in [6.45, 7) is 0. The quantitative estimate of drug-likeness (QED) is 0.504. The lowest BCUT2D eigenvalue weighted by atomic mass is 10.2. The van der Waals surface area contributed by atoms with Crippen LogP contribution in [0.4, 0.5) is 0 Å². The van der Waals surface area contributed by atoms with Crippen molar-refractivity contribution in [2.45, 2.75) is 0 Å². The van der Waals surface area contributed by atoms with Crippen LogP contribution < -0.4 is 10.2 Å². The zero-order valence-corrected chi connectivity index (χ0v) is 13.0. The zero-order chi connectivity index (χ0) is 14.4. The highest BCUT2D eigenvalue weighted by atomic mass is 127. The molecule has 0 spiro atoms. The number of benzene rings is 2. The third-order valence-electron chi connectivity index (χ3n) is 2.63. The molecule has 20 heavy (non-hydrogen) atoms. The second-order valence-corrected chi connectivity index (χ2v) is 5.08. The first-order valence-corrected chi connectivity index (χ1v) is 7.01. The van der Waals surface area contributed by atoms with Crippen LogP contribution >= 0.6 is 22.6 Å². The van der Waals surface area contributed by atoms with Crippen LogP contribution in [0, 0.1) is 3.57 Å². The Balaban J connectivity index is 2.07. The number of halogens is 1. The highest BCUT2D eigenvalue weighted by Crippen LogP contribution is 2.16. The van der Waals surface area contributed by atoms with Gasteiger partial charge in [0.05, 0.1) is 18.9 Å². The van der Waals surface area contributed by atoms with E-state index in [-0.39, 0.29) is 5.91 Å². The Hall–Kier alpha value is -1.89. The molecule has 0 aliphatic rings. The molecule has 0 saturated heterocycles. The number of ether oxygens (including phenoxy) is 1. The maximum atomic E-state index is 12.0. The van der Waals surface area contributed by atoms with Gasteiger partial charge in [0.1, 0.15) is 5.75 Å². The second-order valence-electron chi connectivity index (χ2n) is 3.92. The molecule has 2 rings (SSSR count). The van der Waals surface area contributed by atoms with E-state index in [1.165, 1.54) is 7.11 Å². The van der Waals surface area contributed by atoms with E-state index in [0.29, 0.717) is 11.3 Å². The van der Waals surface area contributed by atoms with Gasteiger partial charge in [0, 0.05) is 9.13 Å². The first-order chi connectivity index (χ1) is 9.72. The Morgan fingerprint density at radius 2 is 1.90 bits per heavy atom. The molecule has 0 heterocycles. The molecule has 0 bridgehead atoms. The molecule has 0 saturated carbocycles. The van der Waals surface area contributed by atoms with Crippen LogP contribution in [0.3, 0.4) is 0 Å². The lowest BCUT2D eigenvalue weighted by Crippen LogP contribution is -2.18. The fourth-order valence-electron chi connectivity index (χ4n) is 1.63. The minimum Gasteiger partial charge on any atom is -0.496 e. The molecular weight excluding hydrogens is 367 g/mol. The molecule has 2 aromatic rings. The predicted octanol–water partition coefficient (Wildman–Crippen LogP) is 3.06. The molecule has 0 radical (unpaired) electrons. The molecule has 0 aliphatic heterocycles. The number of carbonyl (C=O) groups is 1. The van der Waals surface area contributed by atoms with Crippen molar-refractivity contribution in [1.82, 2.24) is 5.43 Å². The molecule has 102 valence electrons. The van der Waals surface area contributed by atoms with Crippen molar-refractivity contribution in [3.05, 3.63) is 63.2 Å². The van der Waals surface area contributed by atoms with Crippen LogP contribution in [-0.4, -0.2) is 19.2 Å². The fourth-order valence-corrected chi connectivity index (χ4v) is 2.16. The van der Waals surface area contributed by atoms with E-state index in [2.05, 4.69) is 33.1 Å². The van der Waals surface area contributed by atoms with Gasteiger partial charge in [-0.2, -0.15) is 5.10 Å². The van der Waals surface area contributed by atoms with Gasteiger partial charge in [0.15, 0.2) is 0 Å². The summed E-state index contributed by atoms with van der Waals surface area (Å²) in [6, 6.07) is 14.8. The first kappa shape index (κ1) is 14.5. The van der Waals surface area contributed by atoms with Gasteiger partial charge in [0.25, 0.3) is 5.91 Å². The molecule has 0 aromatic heterocycles. The van der Waals surface area contributed by atoms with E-state index in [4.69, 9.17) is 4.74 Å². The molecule has 0 atom stereocenters. The number of hydrogen-bond donors (Lipinski definition) is 1. The van der Waals surface area contributed by atoms with Crippen molar-refractivity contribution in [2.75, 3.05) is 7.11 Å². The lowest BCUT2D eigenvalue weighted by Gasteiger charge is -2.06. The van der Waals surface area contributed by atoms with E-state index in [1.54, 1.807) is 24.4 Å². The highest BCUT2D eigenvalue weighted by molar-refractivity contribution is 14.1. The van der Waals surface area contributed by atoms with Crippen LogP contribution in [0.25, 0.3) is 0 Å². The number of hydrazone groups is 1. The summed E-state index contributed by atoms with van der Waals surface area (Å²) in [5.74, 6) is 0.221. The molecule has 1 amide bonds. The Morgan fingerprint density at radius 3 is 2.65 bits per heavy atom. The lowest BCUT2D eigenvalue weighted by molar-refractivity contribution is 0.0952. The third-order valence-corrected chi connectivity index (χ3v) is 3.61. The molecule has 1 N–H and O–H groups in total. The molecule has 0 aliphatic carbocycles. The van der Waals surface area contributed by atoms with Crippen LogP contribution in [0.1, 0.15) is 15.9 Å². The number of rotatable bonds is 4. The number of carbonyl (C=O) groups excluding carboxylic acids is 1. The number of amides is 1. The molecule has 0 fully saturated rings. The van der Waals surface area contributed by atoms with E-state index in [9.17, 15) is 4.79 Å². The number of para-hydroxylation sites is 1. The monoisotopic (exact) mass is 380 g/mol. The summed E-state index contributed by atoms with van der Waals surface area (Å²) in [5, 5.41) is 3.97. The smallest absolute Gasteiger partial charge is 0.275 e. The van der Waals surface area contributed by atoms with Crippen molar-refractivity contribution in [3.63, 3.8) is 0 Å². The van der Waals surface area contributed by atoms with Gasteiger partial charge < -0.3 is 4.74 Å². The summed E-state index contributed by atoms with van der Waals surface area (Å²) in [7, 11) is 1.53. The first-order valence-electron chi connectivity index (χ1n) is 5.93. The summed E-state index contributed by atoms with van der Waals surface area (Å²) in [6.07, 6.45) is 1.62. The van der Waals surface area contributed by atoms with Crippen molar-refractivity contribution in [3.8, 4) is 5.75 Å². The zero-order valence-electron chi connectivity index (χ0n) is 10.8. The van der Waals surface area contributed by atoms with Gasteiger partial charge in [-0.05, 0) is 40.8 Å². The van der Waals surface area contributed by atoms with E-state index >= 15 is 0 Å². The molecule has 4 nitrogen and oxygen atoms in total. The molecule has 5 heteroatoms. The van der Waals surface area contributed by atoms with Crippen molar-refractivity contribution < 1.29 is 9.53 Å². The van der Waals surface area contributed by atoms with Gasteiger partial charge in [-0.1, -0.05) is 30.3 Å². The maximum Gasteiger partial charge on any atom is 0.275 e. The number of nitrogens with one attached hydrogen (secondary N) is 1. The van der Waals surface area contributed by atoms with Gasteiger partial charge in [-0.15, -0.1) is 0 Å². The van der Waals surface area contributed by atoms with Crippen molar-refractivity contribution in [1.29, 1.82) is 0 Å². The average Bonchev–Trinajstić information content (AvgIpc) is 2.49. The summed E-state index contributed by atoms with van der Waals surface area (Å²) in [5.41, 5.74) is 3.90. The molecule has 0 unspecified atom stereocenters.